The minimum absolute atomic E-state index is 0.0997. The number of ether oxygens (including phenoxy) is 1. The highest BCUT2D eigenvalue weighted by Gasteiger charge is 2.15. The van der Waals surface area contributed by atoms with E-state index in [-0.39, 0.29) is 18.1 Å². The summed E-state index contributed by atoms with van der Waals surface area (Å²) in [5.74, 6) is -0.457. The van der Waals surface area contributed by atoms with Crippen molar-refractivity contribution in [1.82, 2.24) is 9.78 Å². The van der Waals surface area contributed by atoms with Gasteiger partial charge in [-0.25, -0.2) is 4.68 Å². The van der Waals surface area contributed by atoms with Crippen molar-refractivity contribution in [2.45, 2.75) is 23.4 Å². The van der Waals surface area contributed by atoms with Gasteiger partial charge < -0.3 is 10.1 Å². The number of carbonyl (C=O) groups is 1. The van der Waals surface area contributed by atoms with Crippen LogP contribution in [0.25, 0.3) is 0 Å². The van der Waals surface area contributed by atoms with Gasteiger partial charge in [0.25, 0.3) is 11.6 Å². The number of benzene rings is 2. The van der Waals surface area contributed by atoms with Gasteiger partial charge in [0.1, 0.15) is 6.73 Å². The number of aryl methyl sites for hydroxylation is 1. The van der Waals surface area contributed by atoms with E-state index in [4.69, 9.17) is 4.74 Å². The number of aromatic nitrogens is 2. The highest BCUT2D eigenvalue weighted by Crippen LogP contribution is 2.33. The third kappa shape index (κ3) is 4.96. The van der Waals surface area contributed by atoms with Gasteiger partial charge in [0.15, 0.2) is 5.69 Å². The van der Waals surface area contributed by atoms with Gasteiger partial charge in [-0.05, 0) is 31.2 Å². The normalized spacial score (nSPS) is 10.6. The maximum Gasteiger partial charge on any atom is 0.276 e. The van der Waals surface area contributed by atoms with E-state index in [1.54, 1.807) is 18.3 Å². The van der Waals surface area contributed by atoms with Crippen molar-refractivity contribution < 1.29 is 14.5 Å². The Labute approximate surface area is 165 Å². The predicted octanol–water partition coefficient (Wildman–Crippen LogP) is 4.11. The highest BCUT2D eigenvalue weighted by molar-refractivity contribution is 7.99. The molecule has 0 aliphatic rings. The van der Waals surface area contributed by atoms with E-state index in [1.165, 1.54) is 35.7 Å². The molecule has 1 heterocycles. The molecule has 1 amide bonds. The van der Waals surface area contributed by atoms with Crippen LogP contribution < -0.4 is 5.32 Å². The number of hydrogen-bond acceptors (Lipinski definition) is 6. The first kappa shape index (κ1) is 19.6. The Morgan fingerprint density at radius 3 is 2.64 bits per heavy atom. The van der Waals surface area contributed by atoms with E-state index in [1.807, 2.05) is 31.2 Å². The number of non-ortho nitro benzene ring substituents is 1. The SMILES string of the molecule is COCn1ccc(C(=O)Nc2cc(Sc3ccc(C)cc3)cc([N+](=O)[O-])c2)n1. The summed E-state index contributed by atoms with van der Waals surface area (Å²) in [7, 11) is 1.53. The molecule has 0 spiro atoms. The third-order valence-electron chi connectivity index (χ3n) is 3.75. The number of rotatable bonds is 7. The molecule has 1 N–H and O–H groups in total. The minimum atomic E-state index is -0.484. The molecule has 3 rings (SSSR count). The average molecular weight is 398 g/mol. The van der Waals surface area contributed by atoms with Gasteiger partial charge >= 0.3 is 0 Å². The first-order chi connectivity index (χ1) is 13.4. The van der Waals surface area contributed by atoms with Crippen LogP contribution in [0.2, 0.25) is 0 Å². The summed E-state index contributed by atoms with van der Waals surface area (Å²) in [4.78, 5) is 24.8. The number of nitrogens with zero attached hydrogens (tertiary/aromatic N) is 3. The number of amides is 1. The maximum absolute atomic E-state index is 12.4. The Bertz CT molecular complexity index is 1000. The zero-order chi connectivity index (χ0) is 20.1. The van der Waals surface area contributed by atoms with Gasteiger partial charge in [0, 0.05) is 40.9 Å². The molecule has 3 aromatic rings. The van der Waals surface area contributed by atoms with Crippen LogP contribution in [0.4, 0.5) is 11.4 Å². The summed E-state index contributed by atoms with van der Waals surface area (Å²) < 4.78 is 6.43. The molecular formula is C19H18N4O4S. The Morgan fingerprint density at radius 2 is 1.96 bits per heavy atom. The minimum Gasteiger partial charge on any atom is -0.362 e. The molecule has 0 atom stereocenters. The number of carbonyl (C=O) groups excluding carboxylic acids is 1. The molecule has 2 aromatic carbocycles. The lowest BCUT2D eigenvalue weighted by Gasteiger charge is -2.07. The number of nitro groups is 1. The van der Waals surface area contributed by atoms with Gasteiger partial charge in [-0.15, -0.1) is 0 Å². The zero-order valence-electron chi connectivity index (χ0n) is 15.3. The van der Waals surface area contributed by atoms with E-state index < -0.39 is 10.8 Å². The topological polar surface area (TPSA) is 99.3 Å². The average Bonchev–Trinajstić information content (AvgIpc) is 3.12. The summed E-state index contributed by atoms with van der Waals surface area (Å²) in [5.41, 5.74) is 1.55. The van der Waals surface area contributed by atoms with E-state index in [0.717, 1.165) is 10.5 Å². The van der Waals surface area contributed by atoms with E-state index >= 15 is 0 Å². The summed E-state index contributed by atoms with van der Waals surface area (Å²) in [6, 6.07) is 13.9. The lowest BCUT2D eigenvalue weighted by atomic mass is 10.2. The van der Waals surface area contributed by atoms with Crippen molar-refractivity contribution >= 4 is 29.0 Å². The van der Waals surface area contributed by atoms with Crippen molar-refractivity contribution in [3.05, 3.63) is 76.1 Å². The summed E-state index contributed by atoms with van der Waals surface area (Å²) in [5, 5.41) is 18.1. The summed E-state index contributed by atoms with van der Waals surface area (Å²) in [6.45, 7) is 2.21. The van der Waals surface area contributed by atoms with Crippen LogP contribution in [0.3, 0.4) is 0 Å². The summed E-state index contributed by atoms with van der Waals surface area (Å²) in [6.07, 6.45) is 1.62. The van der Waals surface area contributed by atoms with E-state index in [0.29, 0.717) is 10.6 Å². The molecular weight excluding hydrogens is 380 g/mol. The van der Waals surface area contributed by atoms with Crippen molar-refractivity contribution in [1.29, 1.82) is 0 Å². The molecule has 0 aliphatic heterocycles. The van der Waals surface area contributed by atoms with E-state index in [2.05, 4.69) is 10.4 Å². The fourth-order valence-electron chi connectivity index (χ4n) is 2.44. The number of methoxy groups -OCH3 is 1. The maximum atomic E-state index is 12.4. The smallest absolute Gasteiger partial charge is 0.276 e. The van der Waals surface area contributed by atoms with Gasteiger partial charge in [-0.2, -0.15) is 5.10 Å². The van der Waals surface area contributed by atoms with Crippen LogP contribution in [0, 0.1) is 17.0 Å². The number of hydrogen-bond donors (Lipinski definition) is 1. The lowest BCUT2D eigenvalue weighted by Crippen LogP contribution is -2.14. The first-order valence-electron chi connectivity index (χ1n) is 8.32. The Balaban J connectivity index is 1.82. The quantitative estimate of drug-likeness (QED) is 0.475. The van der Waals surface area contributed by atoms with Crippen LogP contribution >= 0.6 is 11.8 Å². The van der Waals surface area contributed by atoms with Crippen LogP contribution in [0.1, 0.15) is 16.1 Å². The molecule has 144 valence electrons. The van der Waals surface area contributed by atoms with Gasteiger partial charge in [0.2, 0.25) is 0 Å². The van der Waals surface area contributed by atoms with Gasteiger partial charge in [-0.1, -0.05) is 29.5 Å². The molecule has 0 unspecified atom stereocenters. The molecule has 28 heavy (non-hydrogen) atoms. The number of nitrogens with one attached hydrogen (secondary N) is 1. The molecule has 0 aliphatic carbocycles. The third-order valence-corrected chi connectivity index (χ3v) is 4.73. The monoisotopic (exact) mass is 398 g/mol. The molecule has 9 heteroatoms. The molecule has 0 saturated heterocycles. The largest absolute Gasteiger partial charge is 0.362 e. The Kier molecular flexibility index (Phi) is 6.07. The molecule has 0 bridgehead atoms. The van der Waals surface area contributed by atoms with E-state index in [9.17, 15) is 14.9 Å². The first-order valence-corrected chi connectivity index (χ1v) is 9.14. The number of nitro benzene ring substituents is 1. The second kappa shape index (κ2) is 8.68. The van der Waals surface area contributed by atoms with Crippen molar-refractivity contribution in [3.63, 3.8) is 0 Å². The van der Waals surface area contributed by atoms with Crippen molar-refractivity contribution in [2.24, 2.45) is 0 Å². The lowest BCUT2D eigenvalue weighted by molar-refractivity contribution is -0.385. The van der Waals surface area contributed by atoms with Crippen LogP contribution in [0.5, 0.6) is 0 Å². The molecule has 8 nitrogen and oxygen atoms in total. The van der Waals surface area contributed by atoms with Gasteiger partial charge in [0.05, 0.1) is 4.92 Å². The van der Waals surface area contributed by atoms with Gasteiger partial charge in [-0.3, -0.25) is 14.9 Å². The predicted molar refractivity (Wildman–Crippen MR) is 106 cm³/mol. The fraction of sp³-hybridized carbons (Fsp3) is 0.158. The highest BCUT2D eigenvalue weighted by atomic mass is 32.2. The Hall–Kier alpha value is -3.17. The van der Waals surface area contributed by atoms with Crippen LogP contribution in [-0.4, -0.2) is 27.7 Å². The zero-order valence-corrected chi connectivity index (χ0v) is 16.1. The number of anilines is 1. The van der Waals surface area contributed by atoms with Crippen molar-refractivity contribution in [2.75, 3.05) is 12.4 Å². The van der Waals surface area contributed by atoms with Crippen LogP contribution in [-0.2, 0) is 11.5 Å². The molecule has 0 saturated carbocycles. The second-order valence-electron chi connectivity index (χ2n) is 6.00. The fourth-order valence-corrected chi connectivity index (χ4v) is 3.35. The van der Waals surface area contributed by atoms with Crippen molar-refractivity contribution in [3.8, 4) is 0 Å². The molecule has 1 aromatic heterocycles. The second-order valence-corrected chi connectivity index (χ2v) is 7.15. The van der Waals surface area contributed by atoms with Crippen LogP contribution in [0.15, 0.2) is 64.5 Å². The molecule has 0 radical (unpaired) electrons. The summed E-state index contributed by atoms with van der Waals surface area (Å²) >= 11 is 1.38. The standard InChI is InChI=1S/C19H18N4O4S/c1-13-3-5-16(6-4-13)28-17-10-14(9-15(11-17)23(25)26)20-19(24)18-7-8-22(21-18)12-27-2/h3-11H,12H2,1-2H3,(H,20,24). The molecule has 0 fully saturated rings. The Morgan fingerprint density at radius 1 is 1.21 bits per heavy atom.